The van der Waals surface area contributed by atoms with Gasteiger partial charge in [0.1, 0.15) is 5.75 Å². The monoisotopic (exact) mass is 419 g/mol. The standard InChI is InChI=1S/C24H21NO4S/c1-16-13-21-19(14-23(26)27)3-2-4-22(21)25(16)24(28)18-5-7-20(8-6-18)29-11-9-17-10-12-30-15-17/h2-8,10,12-13,15H,9,11,14H2,1H3,(H,26,27). The van der Waals surface area contributed by atoms with Crippen LogP contribution in [0.1, 0.15) is 27.2 Å². The molecule has 0 saturated carbocycles. The van der Waals surface area contributed by atoms with Gasteiger partial charge in [-0.15, -0.1) is 0 Å². The average Bonchev–Trinajstić information content (AvgIpc) is 3.35. The van der Waals surface area contributed by atoms with Crippen LogP contribution in [0.4, 0.5) is 0 Å². The number of carboxylic acid groups (broad SMARTS) is 1. The van der Waals surface area contributed by atoms with E-state index in [1.54, 1.807) is 52.3 Å². The van der Waals surface area contributed by atoms with E-state index < -0.39 is 5.97 Å². The van der Waals surface area contributed by atoms with Crippen LogP contribution < -0.4 is 4.74 Å². The molecule has 0 amide bonds. The van der Waals surface area contributed by atoms with Crippen LogP contribution in [0.5, 0.6) is 5.75 Å². The number of benzene rings is 2. The van der Waals surface area contributed by atoms with Crippen LogP contribution in [0.3, 0.4) is 0 Å². The fraction of sp³-hybridized carbons (Fsp3) is 0.167. The highest BCUT2D eigenvalue weighted by molar-refractivity contribution is 7.07. The van der Waals surface area contributed by atoms with E-state index in [-0.39, 0.29) is 12.3 Å². The van der Waals surface area contributed by atoms with Gasteiger partial charge in [-0.05, 0) is 71.3 Å². The second kappa shape index (κ2) is 8.55. The Morgan fingerprint density at radius 2 is 1.90 bits per heavy atom. The molecule has 5 nitrogen and oxygen atoms in total. The molecule has 0 unspecified atom stereocenters. The molecular formula is C24H21NO4S. The quantitative estimate of drug-likeness (QED) is 0.460. The summed E-state index contributed by atoms with van der Waals surface area (Å²) in [5, 5.41) is 14.1. The first-order valence-electron chi connectivity index (χ1n) is 9.63. The van der Waals surface area contributed by atoms with Gasteiger partial charge in [0.15, 0.2) is 0 Å². The zero-order chi connectivity index (χ0) is 21.1. The molecule has 2 aromatic carbocycles. The summed E-state index contributed by atoms with van der Waals surface area (Å²) in [6.07, 6.45) is 0.768. The molecule has 0 atom stereocenters. The number of aromatic nitrogens is 1. The van der Waals surface area contributed by atoms with Crippen molar-refractivity contribution >= 4 is 34.1 Å². The smallest absolute Gasteiger partial charge is 0.307 e. The van der Waals surface area contributed by atoms with E-state index in [1.807, 2.05) is 24.4 Å². The van der Waals surface area contributed by atoms with Gasteiger partial charge in [-0.3, -0.25) is 14.2 Å². The maximum Gasteiger partial charge on any atom is 0.307 e. The molecule has 2 aromatic heterocycles. The molecule has 0 aliphatic heterocycles. The van der Waals surface area contributed by atoms with Crippen molar-refractivity contribution in [1.82, 2.24) is 4.57 Å². The average molecular weight is 420 g/mol. The molecule has 152 valence electrons. The number of carboxylic acids is 1. The summed E-state index contributed by atoms with van der Waals surface area (Å²) in [7, 11) is 0. The molecule has 0 bridgehead atoms. The first kappa shape index (κ1) is 19.9. The molecule has 0 radical (unpaired) electrons. The maximum atomic E-state index is 13.2. The van der Waals surface area contributed by atoms with Crippen molar-refractivity contribution in [3.05, 3.63) is 87.7 Å². The molecule has 0 aliphatic carbocycles. The van der Waals surface area contributed by atoms with Crippen molar-refractivity contribution in [1.29, 1.82) is 0 Å². The van der Waals surface area contributed by atoms with Crippen LogP contribution in [0.2, 0.25) is 0 Å². The molecule has 4 rings (SSSR count). The zero-order valence-electron chi connectivity index (χ0n) is 16.5. The van der Waals surface area contributed by atoms with Crippen molar-refractivity contribution in [3.8, 4) is 5.75 Å². The molecule has 2 heterocycles. The van der Waals surface area contributed by atoms with Crippen LogP contribution in [0.25, 0.3) is 10.9 Å². The molecule has 30 heavy (non-hydrogen) atoms. The summed E-state index contributed by atoms with van der Waals surface area (Å²) in [5.41, 5.74) is 3.98. The van der Waals surface area contributed by atoms with E-state index in [0.717, 1.165) is 23.3 Å². The largest absolute Gasteiger partial charge is 0.493 e. The number of carbonyl (C=O) groups is 2. The number of ether oxygens (including phenoxy) is 1. The molecule has 1 N–H and O–H groups in total. The Bertz CT molecular complexity index is 1190. The van der Waals surface area contributed by atoms with Crippen molar-refractivity contribution in [3.63, 3.8) is 0 Å². The number of hydrogen-bond acceptors (Lipinski definition) is 4. The minimum absolute atomic E-state index is 0.0770. The Kier molecular flexibility index (Phi) is 5.68. The first-order valence-corrected chi connectivity index (χ1v) is 10.6. The van der Waals surface area contributed by atoms with Gasteiger partial charge >= 0.3 is 5.97 Å². The lowest BCUT2D eigenvalue weighted by Crippen LogP contribution is -2.13. The predicted molar refractivity (Wildman–Crippen MR) is 118 cm³/mol. The van der Waals surface area contributed by atoms with Gasteiger partial charge in [0.05, 0.1) is 18.5 Å². The minimum Gasteiger partial charge on any atom is -0.493 e. The molecule has 0 saturated heterocycles. The van der Waals surface area contributed by atoms with Gasteiger partial charge < -0.3 is 9.84 Å². The van der Waals surface area contributed by atoms with E-state index >= 15 is 0 Å². The summed E-state index contributed by atoms with van der Waals surface area (Å²) >= 11 is 1.67. The maximum absolute atomic E-state index is 13.2. The number of carbonyl (C=O) groups excluding carboxylic acids is 1. The second-order valence-electron chi connectivity index (χ2n) is 7.10. The lowest BCUT2D eigenvalue weighted by Gasteiger charge is -2.09. The Balaban J connectivity index is 1.53. The van der Waals surface area contributed by atoms with Crippen molar-refractivity contribution in [2.75, 3.05) is 6.61 Å². The summed E-state index contributed by atoms with van der Waals surface area (Å²) in [6, 6.07) is 16.5. The van der Waals surface area contributed by atoms with Gasteiger partial charge in [0, 0.05) is 23.1 Å². The van der Waals surface area contributed by atoms with Gasteiger partial charge in [0.2, 0.25) is 0 Å². The molecule has 4 aromatic rings. The van der Waals surface area contributed by atoms with Crippen molar-refractivity contribution in [2.45, 2.75) is 19.8 Å². The lowest BCUT2D eigenvalue weighted by atomic mass is 10.1. The Labute approximate surface area is 178 Å². The topological polar surface area (TPSA) is 68.5 Å². The van der Waals surface area contributed by atoms with E-state index in [2.05, 4.69) is 11.4 Å². The first-order chi connectivity index (χ1) is 14.5. The zero-order valence-corrected chi connectivity index (χ0v) is 17.3. The van der Waals surface area contributed by atoms with Gasteiger partial charge in [-0.2, -0.15) is 11.3 Å². The molecule has 0 fully saturated rings. The second-order valence-corrected chi connectivity index (χ2v) is 7.88. The minimum atomic E-state index is -0.895. The molecule has 6 heteroatoms. The third-order valence-electron chi connectivity index (χ3n) is 5.01. The number of rotatable bonds is 7. The van der Waals surface area contributed by atoms with Crippen molar-refractivity contribution in [2.24, 2.45) is 0 Å². The fourth-order valence-electron chi connectivity index (χ4n) is 3.56. The highest BCUT2D eigenvalue weighted by atomic mass is 32.1. The number of aryl methyl sites for hydroxylation is 1. The van der Waals surface area contributed by atoms with E-state index in [1.165, 1.54) is 5.56 Å². The molecule has 0 spiro atoms. The number of hydrogen-bond donors (Lipinski definition) is 1. The van der Waals surface area contributed by atoms with Gasteiger partial charge in [-0.25, -0.2) is 0 Å². The highest BCUT2D eigenvalue weighted by Crippen LogP contribution is 2.25. The van der Waals surface area contributed by atoms with Gasteiger partial charge in [-0.1, -0.05) is 12.1 Å². The van der Waals surface area contributed by atoms with E-state index in [0.29, 0.717) is 23.3 Å². The number of nitrogens with zero attached hydrogens (tertiary/aromatic N) is 1. The third kappa shape index (κ3) is 4.14. The molecule has 0 aliphatic rings. The van der Waals surface area contributed by atoms with E-state index in [9.17, 15) is 9.59 Å². The van der Waals surface area contributed by atoms with Crippen LogP contribution in [0, 0.1) is 6.92 Å². The van der Waals surface area contributed by atoms with Crippen LogP contribution in [-0.2, 0) is 17.6 Å². The summed E-state index contributed by atoms with van der Waals surface area (Å²) in [4.78, 5) is 24.3. The Hall–Kier alpha value is -3.38. The van der Waals surface area contributed by atoms with E-state index in [4.69, 9.17) is 9.84 Å². The summed E-state index contributed by atoms with van der Waals surface area (Å²) in [6.45, 7) is 2.43. The SMILES string of the molecule is Cc1cc2c(CC(=O)O)cccc2n1C(=O)c1ccc(OCCc2ccsc2)cc1. The van der Waals surface area contributed by atoms with Crippen LogP contribution in [0.15, 0.2) is 65.4 Å². The Morgan fingerprint density at radius 1 is 1.10 bits per heavy atom. The highest BCUT2D eigenvalue weighted by Gasteiger charge is 2.17. The lowest BCUT2D eigenvalue weighted by molar-refractivity contribution is -0.136. The van der Waals surface area contributed by atoms with Crippen LogP contribution in [-0.4, -0.2) is 28.2 Å². The van der Waals surface area contributed by atoms with Crippen molar-refractivity contribution < 1.29 is 19.4 Å². The van der Waals surface area contributed by atoms with Crippen LogP contribution >= 0.6 is 11.3 Å². The number of fused-ring (bicyclic) bond motifs is 1. The third-order valence-corrected chi connectivity index (χ3v) is 5.74. The summed E-state index contributed by atoms with van der Waals surface area (Å²) < 4.78 is 7.41. The van der Waals surface area contributed by atoms with Gasteiger partial charge in [0.25, 0.3) is 5.91 Å². The molecular weight excluding hydrogens is 398 g/mol. The number of thiophene rings is 1. The summed E-state index contributed by atoms with van der Waals surface area (Å²) in [5.74, 6) is -0.326. The normalized spacial score (nSPS) is 11.0. The number of aliphatic carboxylic acids is 1. The fourth-order valence-corrected chi connectivity index (χ4v) is 4.26. The Morgan fingerprint density at radius 3 is 2.60 bits per heavy atom. The predicted octanol–water partition coefficient (Wildman–Crippen LogP) is 4.95.